The minimum Gasteiger partial charge on any atom is -0.354 e. The number of carbonyl (C=O) groups is 1. The summed E-state index contributed by atoms with van der Waals surface area (Å²) in [6, 6.07) is 21.8. The number of hydrogen-bond donors (Lipinski definition) is 1. The SMILES string of the molecule is O=C(Cc1cccc2ccccc12)NCCn1ncc2c(=O)n(Cc3ccc(Br)cc3)cnc21. The third-order valence-electron chi connectivity index (χ3n) is 5.77. The average Bonchev–Trinajstić information content (AvgIpc) is 3.26. The Morgan fingerprint density at radius 1 is 0.971 bits per heavy atom. The van der Waals surface area contributed by atoms with E-state index < -0.39 is 0 Å². The Hall–Kier alpha value is -3.78. The molecule has 2 aromatic heterocycles. The maximum atomic E-state index is 12.9. The number of nitrogens with zero attached hydrogens (tertiary/aromatic N) is 4. The second-order valence-electron chi connectivity index (χ2n) is 8.07. The van der Waals surface area contributed by atoms with Crippen molar-refractivity contribution in [2.75, 3.05) is 6.54 Å². The molecule has 0 aliphatic heterocycles. The Bertz CT molecular complexity index is 1530. The van der Waals surface area contributed by atoms with E-state index in [4.69, 9.17) is 0 Å². The van der Waals surface area contributed by atoms with Crippen LogP contribution < -0.4 is 10.9 Å². The van der Waals surface area contributed by atoms with Gasteiger partial charge in [-0.05, 0) is 34.0 Å². The predicted octanol–water partition coefficient (Wildman–Crippen LogP) is 3.92. The van der Waals surface area contributed by atoms with Gasteiger partial charge in [0.1, 0.15) is 11.7 Å². The lowest BCUT2D eigenvalue weighted by Gasteiger charge is -2.09. The van der Waals surface area contributed by atoms with Gasteiger partial charge >= 0.3 is 0 Å². The summed E-state index contributed by atoms with van der Waals surface area (Å²) < 4.78 is 4.21. The van der Waals surface area contributed by atoms with Gasteiger partial charge in [-0.15, -0.1) is 0 Å². The highest BCUT2D eigenvalue weighted by Crippen LogP contribution is 2.19. The average molecular weight is 516 g/mol. The van der Waals surface area contributed by atoms with E-state index in [0.717, 1.165) is 26.4 Å². The Labute approximate surface area is 204 Å². The Morgan fingerprint density at radius 2 is 1.76 bits per heavy atom. The Morgan fingerprint density at radius 3 is 2.62 bits per heavy atom. The molecule has 0 saturated carbocycles. The zero-order valence-electron chi connectivity index (χ0n) is 18.3. The first-order chi connectivity index (χ1) is 16.6. The summed E-state index contributed by atoms with van der Waals surface area (Å²) in [4.78, 5) is 29.9. The summed E-state index contributed by atoms with van der Waals surface area (Å²) in [5.74, 6) is -0.0578. The van der Waals surface area contributed by atoms with Crippen LogP contribution in [0.5, 0.6) is 0 Å². The molecule has 0 aliphatic carbocycles. The second-order valence-corrected chi connectivity index (χ2v) is 8.99. The number of fused-ring (bicyclic) bond motifs is 2. The first kappa shape index (κ1) is 22.0. The van der Waals surface area contributed by atoms with E-state index in [2.05, 4.69) is 31.3 Å². The summed E-state index contributed by atoms with van der Waals surface area (Å²) in [6.45, 7) is 1.25. The summed E-state index contributed by atoms with van der Waals surface area (Å²) in [5, 5.41) is 9.93. The minimum absolute atomic E-state index is 0.0578. The molecule has 34 heavy (non-hydrogen) atoms. The molecule has 7 nitrogen and oxygen atoms in total. The zero-order chi connectivity index (χ0) is 23.5. The third-order valence-corrected chi connectivity index (χ3v) is 6.29. The topological polar surface area (TPSA) is 81.8 Å². The number of benzene rings is 3. The molecule has 8 heteroatoms. The number of aromatic nitrogens is 4. The molecular weight excluding hydrogens is 494 g/mol. The third kappa shape index (κ3) is 4.63. The smallest absolute Gasteiger partial charge is 0.264 e. The monoisotopic (exact) mass is 515 g/mol. The van der Waals surface area contributed by atoms with Gasteiger partial charge in [-0.25, -0.2) is 9.67 Å². The van der Waals surface area contributed by atoms with Crippen LogP contribution in [0.25, 0.3) is 21.8 Å². The second kappa shape index (κ2) is 9.61. The molecule has 3 aromatic carbocycles. The highest BCUT2D eigenvalue weighted by atomic mass is 79.9. The molecule has 1 amide bonds. The molecule has 0 fully saturated rings. The summed E-state index contributed by atoms with van der Waals surface area (Å²) in [5.41, 5.74) is 2.38. The number of halogens is 1. The van der Waals surface area contributed by atoms with E-state index in [1.165, 1.54) is 0 Å². The van der Waals surface area contributed by atoms with Crippen LogP contribution in [-0.2, 0) is 24.3 Å². The summed E-state index contributed by atoms with van der Waals surface area (Å²) >= 11 is 3.42. The Balaban J connectivity index is 1.24. The van der Waals surface area contributed by atoms with Crippen LogP contribution in [0.15, 0.2) is 88.5 Å². The van der Waals surface area contributed by atoms with Crippen LogP contribution in [0.2, 0.25) is 0 Å². The van der Waals surface area contributed by atoms with E-state index in [1.54, 1.807) is 21.8 Å². The highest BCUT2D eigenvalue weighted by molar-refractivity contribution is 9.10. The first-order valence-corrected chi connectivity index (χ1v) is 11.8. The minimum atomic E-state index is -0.140. The summed E-state index contributed by atoms with van der Waals surface area (Å²) in [7, 11) is 0. The van der Waals surface area contributed by atoms with Crippen molar-refractivity contribution in [2.24, 2.45) is 0 Å². The van der Waals surface area contributed by atoms with Gasteiger partial charge < -0.3 is 5.32 Å². The van der Waals surface area contributed by atoms with Crippen molar-refractivity contribution in [3.05, 3.63) is 105 Å². The molecule has 1 N–H and O–H groups in total. The normalized spacial score (nSPS) is 11.2. The lowest BCUT2D eigenvalue weighted by molar-refractivity contribution is -0.120. The quantitative estimate of drug-likeness (QED) is 0.356. The molecule has 0 radical (unpaired) electrons. The molecular formula is C26H22BrN5O2. The van der Waals surface area contributed by atoms with E-state index in [0.29, 0.717) is 37.1 Å². The number of nitrogens with one attached hydrogen (secondary N) is 1. The standard InChI is InChI=1S/C26H22BrN5O2/c27-21-10-8-18(9-11-21)16-31-17-29-25-23(26(31)34)15-30-32(25)13-12-28-24(33)14-20-6-3-5-19-4-1-2-7-22(19)20/h1-11,15,17H,12-14,16H2,(H,28,33). The van der Waals surface area contributed by atoms with Gasteiger partial charge in [0.25, 0.3) is 5.56 Å². The maximum absolute atomic E-state index is 12.9. The number of amides is 1. The maximum Gasteiger partial charge on any atom is 0.264 e. The molecule has 0 unspecified atom stereocenters. The van der Waals surface area contributed by atoms with Crippen LogP contribution >= 0.6 is 15.9 Å². The van der Waals surface area contributed by atoms with Crippen molar-refractivity contribution >= 4 is 43.6 Å². The van der Waals surface area contributed by atoms with Gasteiger partial charge in [0.05, 0.1) is 25.7 Å². The number of hydrogen-bond acceptors (Lipinski definition) is 4. The van der Waals surface area contributed by atoms with Crippen LogP contribution in [0, 0.1) is 0 Å². The molecule has 0 bridgehead atoms. The van der Waals surface area contributed by atoms with Crippen LogP contribution in [0.4, 0.5) is 0 Å². The van der Waals surface area contributed by atoms with E-state index >= 15 is 0 Å². The Kier molecular flexibility index (Phi) is 6.22. The van der Waals surface area contributed by atoms with Crippen LogP contribution in [0.1, 0.15) is 11.1 Å². The van der Waals surface area contributed by atoms with E-state index in [-0.39, 0.29) is 11.5 Å². The molecule has 0 aliphatic rings. The lowest BCUT2D eigenvalue weighted by Crippen LogP contribution is -2.29. The van der Waals surface area contributed by atoms with E-state index in [1.807, 2.05) is 66.7 Å². The number of rotatable bonds is 7. The van der Waals surface area contributed by atoms with Crippen molar-refractivity contribution in [2.45, 2.75) is 19.5 Å². The van der Waals surface area contributed by atoms with Gasteiger partial charge in [0, 0.05) is 11.0 Å². The fraction of sp³-hybridized carbons (Fsp3) is 0.154. The van der Waals surface area contributed by atoms with Crippen molar-refractivity contribution in [3.63, 3.8) is 0 Å². The zero-order valence-corrected chi connectivity index (χ0v) is 19.9. The van der Waals surface area contributed by atoms with Crippen LogP contribution in [0.3, 0.4) is 0 Å². The summed E-state index contributed by atoms with van der Waals surface area (Å²) in [6.07, 6.45) is 3.39. The molecule has 0 atom stereocenters. The van der Waals surface area contributed by atoms with Crippen molar-refractivity contribution in [3.8, 4) is 0 Å². The molecule has 0 spiro atoms. The van der Waals surface area contributed by atoms with Crippen LogP contribution in [-0.4, -0.2) is 31.8 Å². The van der Waals surface area contributed by atoms with Gasteiger partial charge in [-0.3, -0.25) is 14.2 Å². The largest absolute Gasteiger partial charge is 0.354 e. The van der Waals surface area contributed by atoms with Crippen molar-refractivity contribution in [1.82, 2.24) is 24.6 Å². The van der Waals surface area contributed by atoms with Crippen molar-refractivity contribution < 1.29 is 4.79 Å². The van der Waals surface area contributed by atoms with E-state index in [9.17, 15) is 9.59 Å². The van der Waals surface area contributed by atoms with Gasteiger partial charge in [0.15, 0.2) is 5.65 Å². The highest BCUT2D eigenvalue weighted by Gasteiger charge is 2.11. The number of carbonyl (C=O) groups excluding carboxylic acids is 1. The first-order valence-electron chi connectivity index (χ1n) is 11.0. The molecule has 5 rings (SSSR count). The fourth-order valence-electron chi connectivity index (χ4n) is 4.04. The van der Waals surface area contributed by atoms with Gasteiger partial charge in [0.2, 0.25) is 5.91 Å². The molecule has 2 heterocycles. The molecule has 5 aromatic rings. The van der Waals surface area contributed by atoms with Gasteiger partial charge in [-0.2, -0.15) is 5.10 Å². The lowest BCUT2D eigenvalue weighted by atomic mass is 10.0. The van der Waals surface area contributed by atoms with Crippen molar-refractivity contribution in [1.29, 1.82) is 0 Å². The molecule has 0 saturated heterocycles. The molecule has 170 valence electrons. The fourth-order valence-corrected chi connectivity index (χ4v) is 4.31. The van der Waals surface area contributed by atoms with Gasteiger partial charge in [-0.1, -0.05) is 70.5 Å². The predicted molar refractivity (Wildman–Crippen MR) is 136 cm³/mol.